The summed E-state index contributed by atoms with van der Waals surface area (Å²) in [5, 5.41) is 68.6. The molecular formula is C95H123N17O20. The van der Waals surface area contributed by atoms with Crippen molar-refractivity contribution >= 4 is 111 Å². The Morgan fingerprint density at radius 3 is 1.49 bits per heavy atom. The van der Waals surface area contributed by atoms with E-state index in [0.717, 1.165) is 14.7 Å². The first-order valence-electron chi connectivity index (χ1n) is 43.4. The number of hydrogen-bond acceptors (Lipinski definition) is 20. The number of para-hydroxylation sites is 1. The van der Waals surface area contributed by atoms with Gasteiger partial charge in [0.25, 0.3) is 0 Å². The molecule has 0 saturated carbocycles. The van der Waals surface area contributed by atoms with Crippen molar-refractivity contribution in [2.45, 2.75) is 172 Å². The predicted molar refractivity (Wildman–Crippen MR) is 491 cm³/mol. The van der Waals surface area contributed by atoms with Crippen LogP contribution in [0.5, 0.6) is 11.5 Å². The number of nitrogens with zero attached hydrogens (tertiary/aromatic N) is 5. The van der Waals surface area contributed by atoms with Crippen LogP contribution in [-0.4, -0.2) is 279 Å². The van der Waals surface area contributed by atoms with E-state index in [9.17, 15) is 73.2 Å². The summed E-state index contributed by atoms with van der Waals surface area (Å²) < 4.78 is 0. The molecule has 0 radical (unpaired) electrons. The number of carboxylic acids is 1. The smallest absolute Gasteiger partial charge is 0.305 e. The summed E-state index contributed by atoms with van der Waals surface area (Å²) in [5.74, 6) is -15.6. The molecule has 7 rings (SSSR count). The molecule has 0 aliphatic heterocycles. The quantitative estimate of drug-likeness (QED) is 0.0241. The lowest BCUT2D eigenvalue weighted by molar-refractivity contribution is -0.151. The van der Waals surface area contributed by atoms with E-state index in [1.807, 2.05) is 6.92 Å². The van der Waals surface area contributed by atoms with Crippen LogP contribution in [0.25, 0.3) is 16.5 Å². The Hall–Kier alpha value is -14.4. The SMILES string of the molecule is C=C(c1ccc(O)cc1)C(NC(=O)C(Cc1ccccc1)N(C)C(=O)C(NC(=O)C(CC(=O)O)NC(=O)CN(C)C(=O)C(CCCC)N(C)C(=O)C(Cc1ccccc1)N(C)C(=O)C(Cc1ccccc1)NC(O)CNC(C)=O)C(C)C)C(=O)N(C)CC(=O)NC(Cc1c[nH]c2ccccc12)C(=O)NC(Cc1ccc(O)cc1)C(=O)NC(CC(C)C)C(=O)NCC(=O)NCC(N)=O. The van der Waals surface area contributed by atoms with Crippen LogP contribution in [0.3, 0.4) is 0 Å². The monoisotopic (exact) mass is 1820 g/mol. The number of aromatic amines is 1. The number of likely N-dealkylation sites (N-methyl/N-ethyl adjacent to an activating group) is 5. The zero-order valence-electron chi connectivity index (χ0n) is 76.1. The van der Waals surface area contributed by atoms with Crippen molar-refractivity contribution in [1.29, 1.82) is 0 Å². The number of phenols is 2. The van der Waals surface area contributed by atoms with Crippen molar-refractivity contribution in [2.75, 3.05) is 68.0 Å². The molecule has 1 aromatic heterocycles. The number of benzene rings is 6. The highest BCUT2D eigenvalue weighted by atomic mass is 16.4. The fraction of sp³-hybridized carbons (Fsp3) is 0.411. The second-order valence-electron chi connectivity index (χ2n) is 33.4. The summed E-state index contributed by atoms with van der Waals surface area (Å²) in [6.45, 7) is 11.0. The summed E-state index contributed by atoms with van der Waals surface area (Å²) >= 11 is 0. The highest BCUT2D eigenvalue weighted by Crippen LogP contribution is 2.26. The van der Waals surface area contributed by atoms with Gasteiger partial charge in [-0.2, -0.15) is 0 Å². The number of aromatic hydroxyl groups is 2. The van der Waals surface area contributed by atoms with Gasteiger partial charge in [-0.25, -0.2) is 0 Å². The van der Waals surface area contributed by atoms with Gasteiger partial charge in [0.1, 0.15) is 72.1 Å². The highest BCUT2D eigenvalue weighted by molar-refractivity contribution is 6.03. The van der Waals surface area contributed by atoms with Crippen LogP contribution in [0.1, 0.15) is 107 Å². The number of aliphatic carboxylic acids is 1. The Labute approximate surface area is 766 Å². The van der Waals surface area contributed by atoms with Crippen molar-refractivity contribution in [3.8, 4) is 11.5 Å². The normalized spacial score (nSPS) is 13.6. The third-order valence-corrected chi connectivity index (χ3v) is 22.1. The van der Waals surface area contributed by atoms with Gasteiger partial charge in [0.2, 0.25) is 88.6 Å². The van der Waals surface area contributed by atoms with Crippen molar-refractivity contribution in [2.24, 2.45) is 17.6 Å². The number of carbonyl (C=O) groups excluding carboxylic acids is 15. The largest absolute Gasteiger partial charge is 0.508 e. The fourth-order valence-corrected chi connectivity index (χ4v) is 14.8. The van der Waals surface area contributed by atoms with E-state index in [2.05, 4.69) is 64.7 Å². The van der Waals surface area contributed by atoms with Crippen LogP contribution in [0, 0.1) is 11.8 Å². The molecule has 0 aliphatic rings. The lowest BCUT2D eigenvalue weighted by atomic mass is 9.96. The van der Waals surface area contributed by atoms with E-state index < -0.39 is 200 Å². The molecule has 7 aromatic rings. The van der Waals surface area contributed by atoms with Crippen LogP contribution in [0.15, 0.2) is 177 Å². The number of amides is 15. The van der Waals surface area contributed by atoms with Gasteiger partial charge in [-0.15, -0.1) is 0 Å². The minimum Gasteiger partial charge on any atom is -0.508 e. The molecule has 0 fully saturated rings. The molecule has 132 heavy (non-hydrogen) atoms. The molecule has 1 heterocycles. The van der Waals surface area contributed by atoms with Crippen LogP contribution < -0.4 is 58.9 Å². The Morgan fingerprint density at radius 2 is 0.947 bits per heavy atom. The second-order valence-corrected chi connectivity index (χ2v) is 33.4. The van der Waals surface area contributed by atoms with Crippen molar-refractivity contribution in [1.82, 2.24) is 82.7 Å². The molecule has 0 aliphatic carbocycles. The second kappa shape index (κ2) is 51.1. The predicted octanol–water partition coefficient (Wildman–Crippen LogP) is 1.61. The number of primary amides is 1. The summed E-state index contributed by atoms with van der Waals surface area (Å²) in [5.41, 5.74) is 8.74. The first-order chi connectivity index (χ1) is 62.6. The number of H-pyrrole nitrogens is 1. The topological polar surface area (TPSA) is 532 Å². The Balaban J connectivity index is 1.12. The van der Waals surface area contributed by atoms with Crippen LogP contribution in [0.2, 0.25) is 0 Å². The first kappa shape index (κ1) is 105. The van der Waals surface area contributed by atoms with Gasteiger partial charge in [-0.1, -0.05) is 187 Å². The van der Waals surface area contributed by atoms with E-state index >= 15 is 24.0 Å². The number of unbranched alkanes of at least 4 members (excludes halogenated alkanes) is 1. The number of aromatic nitrogens is 1. The Kier molecular flexibility index (Phi) is 40.6. The average Bonchev–Trinajstić information content (AvgIpc) is 1.25. The summed E-state index contributed by atoms with van der Waals surface area (Å²) in [4.78, 5) is 235. The number of aliphatic hydroxyl groups is 1. The third kappa shape index (κ3) is 32.4. The molecule has 0 bridgehead atoms. The van der Waals surface area contributed by atoms with Crippen molar-refractivity contribution < 1.29 is 97.1 Å². The summed E-state index contributed by atoms with van der Waals surface area (Å²) in [6, 6.07) is 29.4. The van der Waals surface area contributed by atoms with E-state index in [-0.39, 0.29) is 80.0 Å². The molecule has 37 nitrogen and oxygen atoms in total. The lowest BCUT2D eigenvalue weighted by Gasteiger charge is -2.37. The minimum absolute atomic E-state index is 0.0364. The molecular weight excluding hydrogens is 1700 g/mol. The number of hydrogen-bond donors (Lipinski definition) is 16. The van der Waals surface area contributed by atoms with Crippen molar-refractivity contribution in [3.63, 3.8) is 0 Å². The number of rotatable bonds is 51. The molecule has 6 aromatic carbocycles. The maximum atomic E-state index is 15.5. The Morgan fingerprint density at radius 1 is 0.462 bits per heavy atom. The van der Waals surface area contributed by atoms with Gasteiger partial charge in [0.05, 0.1) is 45.2 Å². The maximum Gasteiger partial charge on any atom is 0.305 e. The van der Waals surface area contributed by atoms with E-state index in [4.69, 9.17) is 5.73 Å². The number of aliphatic hydroxyl groups excluding tert-OH is 1. The number of nitrogens with one attached hydrogen (secondary N) is 11. The van der Waals surface area contributed by atoms with E-state index in [0.29, 0.717) is 51.6 Å². The zero-order valence-corrected chi connectivity index (χ0v) is 76.1. The van der Waals surface area contributed by atoms with Gasteiger partial charge in [0, 0.05) is 84.9 Å². The van der Waals surface area contributed by atoms with Crippen LogP contribution in [-0.2, 0) is 109 Å². The molecule has 15 amide bonds. The lowest BCUT2D eigenvalue weighted by Crippen LogP contribution is -2.61. The van der Waals surface area contributed by atoms with Gasteiger partial charge >= 0.3 is 5.97 Å². The summed E-state index contributed by atoms with van der Waals surface area (Å²) in [7, 11) is 6.57. The number of fused-ring (bicyclic) bond motifs is 1. The standard InChI is InChI=1S/C95H123N17O20/c1-13-14-34-75(110(10)93(130)77(47-62-30-22-17-23-31-62)112(12)91(128)74(45-60-26-18-15-19-27-60)103-80(118)53-97-59(7)113)92(129)108(8)54-81(119)102-73(49-83(121)122)89(126)106-84(57(4)5)95(132)111(11)76(46-61-28-20-16-21-29-61)90(127)107-85(58(6)64-37-41-67(115)42-38-64)94(131)109(9)55-82(120)101-72(48-65-50-98-69-33-25-24-32-68(65)69)88(125)105-71(44-63-35-39-66(114)40-36-63)87(124)104-70(43-56(2)3)86(123)100-52-79(117)99-51-78(96)116/h15-33,35-42,50,56-57,70-77,80,84-85,98,103,114-115,118H,6,13-14,34,43-49,51-55H2,1-5,7-12H3,(H2,96,116)(H,97,113)(H,99,117)(H,100,123)(H,101,120)(H,102,119)(H,104,124)(H,105,125)(H,106,126)(H,107,127)(H,121,122). The number of nitrogens with two attached hydrogens (primary N) is 1. The Bertz CT molecular complexity index is 5160. The molecule has 11 unspecified atom stereocenters. The minimum atomic E-state index is -1.92. The van der Waals surface area contributed by atoms with Gasteiger partial charge < -0.3 is 103 Å². The third-order valence-electron chi connectivity index (χ3n) is 22.1. The molecule has 11 atom stereocenters. The molecule has 37 heteroatoms. The van der Waals surface area contributed by atoms with Gasteiger partial charge in [0.15, 0.2) is 0 Å². The number of phenolic OH excluding ortho intramolecular Hbond substituents is 2. The average molecular weight is 1820 g/mol. The van der Waals surface area contributed by atoms with E-state index in [1.165, 1.54) is 100 Å². The molecule has 0 spiro atoms. The molecule has 0 saturated heterocycles. The number of carboxylic acid groups (broad SMARTS) is 1. The van der Waals surface area contributed by atoms with E-state index in [1.54, 1.807) is 149 Å². The maximum absolute atomic E-state index is 15.5. The van der Waals surface area contributed by atoms with Gasteiger partial charge in [-0.05, 0) is 100 Å². The molecule has 17 N–H and O–H groups in total. The molecule has 708 valence electrons. The zero-order chi connectivity index (χ0) is 97.2. The van der Waals surface area contributed by atoms with Crippen molar-refractivity contribution in [3.05, 3.63) is 210 Å². The van der Waals surface area contributed by atoms with Gasteiger partial charge in [-0.3, -0.25) is 82.0 Å². The first-order valence-corrected chi connectivity index (χ1v) is 43.4. The fourth-order valence-electron chi connectivity index (χ4n) is 14.8. The van der Waals surface area contributed by atoms with Crippen LogP contribution >= 0.6 is 0 Å². The van der Waals surface area contributed by atoms with Crippen LogP contribution in [0.4, 0.5) is 0 Å². The number of carbonyl (C=O) groups is 16. The highest BCUT2D eigenvalue weighted by Gasteiger charge is 2.42. The summed E-state index contributed by atoms with van der Waals surface area (Å²) in [6.07, 6.45) is -0.481.